The van der Waals surface area contributed by atoms with Gasteiger partial charge in [-0.3, -0.25) is 9.59 Å². The first kappa shape index (κ1) is 12.6. The summed E-state index contributed by atoms with van der Waals surface area (Å²) >= 11 is 0. The number of piperidine rings is 1. The summed E-state index contributed by atoms with van der Waals surface area (Å²) in [7, 11) is 0. The number of Topliss-reactive ketones (excluding diaryl/α,β-unsaturated/α-hetero) is 1. The van der Waals surface area contributed by atoms with Gasteiger partial charge in [0.2, 0.25) is 0 Å². The van der Waals surface area contributed by atoms with Crippen molar-refractivity contribution < 1.29 is 14.3 Å². The molecular weight excluding hydrogens is 218 g/mol. The van der Waals surface area contributed by atoms with Crippen LogP contribution in [0.5, 0.6) is 0 Å². The van der Waals surface area contributed by atoms with Crippen molar-refractivity contribution in [1.29, 1.82) is 0 Å². The Hall–Kier alpha value is -0.900. The first-order chi connectivity index (χ1) is 8.07. The average Bonchev–Trinajstić information content (AvgIpc) is 2.77. The molecule has 0 radical (unpaired) electrons. The van der Waals surface area contributed by atoms with Gasteiger partial charge in [0.25, 0.3) is 5.91 Å². The van der Waals surface area contributed by atoms with Gasteiger partial charge in [0.15, 0.2) is 0 Å². The van der Waals surface area contributed by atoms with Crippen LogP contribution in [-0.2, 0) is 14.3 Å². The maximum atomic E-state index is 12.4. The molecule has 4 heteroatoms. The van der Waals surface area contributed by atoms with E-state index >= 15 is 0 Å². The number of hydrogen-bond donors (Lipinski definition) is 0. The fraction of sp³-hybridized carbons (Fsp3) is 0.846. The van der Waals surface area contributed by atoms with E-state index in [9.17, 15) is 9.59 Å². The van der Waals surface area contributed by atoms with Gasteiger partial charge in [-0.15, -0.1) is 0 Å². The Bertz CT molecular complexity index is 321. The summed E-state index contributed by atoms with van der Waals surface area (Å²) in [5, 5.41) is 0. The second kappa shape index (κ2) is 4.77. The number of ether oxygens (including phenoxy) is 1. The van der Waals surface area contributed by atoms with Crippen LogP contribution in [0.2, 0.25) is 0 Å². The first-order valence-corrected chi connectivity index (χ1v) is 6.53. The van der Waals surface area contributed by atoms with Crippen LogP contribution >= 0.6 is 0 Å². The van der Waals surface area contributed by atoms with Crippen molar-refractivity contribution in [3.05, 3.63) is 0 Å². The van der Waals surface area contributed by atoms with Crippen LogP contribution in [0.4, 0.5) is 0 Å². The van der Waals surface area contributed by atoms with Gasteiger partial charge in [-0.05, 0) is 26.2 Å². The van der Waals surface area contributed by atoms with Gasteiger partial charge in [0.1, 0.15) is 11.4 Å². The molecule has 0 aliphatic carbocycles. The molecule has 0 aromatic carbocycles. The lowest BCUT2D eigenvalue weighted by Crippen LogP contribution is -2.52. The smallest absolute Gasteiger partial charge is 0.254 e. The number of hydrogen-bond acceptors (Lipinski definition) is 3. The molecule has 0 spiro atoms. The molecule has 2 saturated heterocycles. The molecule has 2 rings (SSSR count). The van der Waals surface area contributed by atoms with E-state index in [4.69, 9.17) is 4.74 Å². The molecule has 2 unspecified atom stereocenters. The van der Waals surface area contributed by atoms with Gasteiger partial charge in [0, 0.05) is 32.0 Å². The first-order valence-electron chi connectivity index (χ1n) is 6.53. The second-order valence-electron chi connectivity index (χ2n) is 5.26. The fourth-order valence-corrected chi connectivity index (χ4v) is 2.73. The average molecular weight is 239 g/mol. The maximum Gasteiger partial charge on any atom is 0.254 e. The number of rotatable bonds is 2. The van der Waals surface area contributed by atoms with Crippen molar-refractivity contribution in [1.82, 2.24) is 4.90 Å². The van der Waals surface area contributed by atoms with E-state index in [-0.39, 0.29) is 11.8 Å². The molecule has 0 aromatic heterocycles. The van der Waals surface area contributed by atoms with E-state index in [0.29, 0.717) is 31.9 Å². The molecule has 2 fully saturated rings. The fourth-order valence-electron chi connectivity index (χ4n) is 2.73. The Kier molecular flexibility index (Phi) is 3.52. The normalized spacial score (nSPS) is 34.1. The van der Waals surface area contributed by atoms with Gasteiger partial charge in [-0.1, -0.05) is 6.92 Å². The molecule has 96 valence electrons. The van der Waals surface area contributed by atoms with Crippen LogP contribution in [0.25, 0.3) is 0 Å². The molecule has 1 amide bonds. The highest BCUT2D eigenvalue weighted by Crippen LogP contribution is 2.29. The van der Waals surface area contributed by atoms with Crippen molar-refractivity contribution in [2.45, 2.75) is 45.1 Å². The van der Waals surface area contributed by atoms with Crippen LogP contribution in [0.15, 0.2) is 0 Å². The van der Waals surface area contributed by atoms with Gasteiger partial charge in [-0.25, -0.2) is 0 Å². The van der Waals surface area contributed by atoms with E-state index in [2.05, 4.69) is 0 Å². The molecule has 2 aliphatic rings. The number of amides is 1. The van der Waals surface area contributed by atoms with Crippen LogP contribution in [0, 0.1) is 5.92 Å². The summed E-state index contributed by atoms with van der Waals surface area (Å²) in [5.74, 6) is 0.396. The van der Waals surface area contributed by atoms with E-state index in [1.807, 2.05) is 18.7 Å². The number of ketones is 1. The van der Waals surface area contributed by atoms with Gasteiger partial charge in [0.05, 0.1) is 0 Å². The Morgan fingerprint density at radius 3 is 2.94 bits per heavy atom. The molecule has 0 saturated carbocycles. The Labute approximate surface area is 102 Å². The molecule has 0 bridgehead atoms. The predicted molar refractivity (Wildman–Crippen MR) is 63.6 cm³/mol. The van der Waals surface area contributed by atoms with Gasteiger partial charge < -0.3 is 9.64 Å². The van der Waals surface area contributed by atoms with Gasteiger partial charge in [-0.2, -0.15) is 0 Å². The number of carbonyl (C=O) groups is 2. The summed E-state index contributed by atoms with van der Waals surface area (Å²) in [6.07, 6.45) is 3.07. The van der Waals surface area contributed by atoms with E-state index in [0.717, 1.165) is 19.3 Å². The number of likely N-dealkylation sites (tertiary alicyclic amines) is 1. The van der Waals surface area contributed by atoms with Crippen LogP contribution in [0.3, 0.4) is 0 Å². The third-order valence-electron chi connectivity index (χ3n) is 3.98. The van der Waals surface area contributed by atoms with Crippen molar-refractivity contribution >= 4 is 11.7 Å². The zero-order valence-corrected chi connectivity index (χ0v) is 10.7. The zero-order chi connectivity index (χ0) is 12.5. The minimum Gasteiger partial charge on any atom is -0.365 e. The van der Waals surface area contributed by atoms with Crippen LogP contribution in [-0.4, -0.2) is 41.9 Å². The quantitative estimate of drug-likeness (QED) is 0.731. The molecule has 0 aromatic rings. The third kappa shape index (κ3) is 2.37. The van der Waals surface area contributed by atoms with Crippen molar-refractivity contribution in [2.75, 3.05) is 19.7 Å². The second-order valence-corrected chi connectivity index (χ2v) is 5.26. The largest absolute Gasteiger partial charge is 0.365 e. The number of nitrogens with zero attached hydrogens (tertiary/aromatic N) is 1. The Morgan fingerprint density at radius 1 is 1.59 bits per heavy atom. The lowest BCUT2D eigenvalue weighted by Gasteiger charge is -2.36. The highest BCUT2D eigenvalue weighted by molar-refractivity contribution is 5.89. The topological polar surface area (TPSA) is 46.6 Å². The lowest BCUT2D eigenvalue weighted by molar-refractivity contribution is -0.154. The molecule has 4 nitrogen and oxygen atoms in total. The SMILES string of the molecule is CCC1CN(C(=O)C2(C)CCCO2)CCC1=O. The lowest BCUT2D eigenvalue weighted by atomic mass is 9.92. The van der Waals surface area contributed by atoms with Gasteiger partial charge >= 0.3 is 0 Å². The van der Waals surface area contributed by atoms with Crippen LogP contribution < -0.4 is 0 Å². The van der Waals surface area contributed by atoms with Crippen LogP contribution in [0.1, 0.15) is 39.5 Å². The summed E-state index contributed by atoms with van der Waals surface area (Å²) in [6.45, 7) is 5.69. The van der Waals surface area contributed by atoms with E-state index in [1.54, 1.807) is 0 Å². The monoisotopic (exact) mass is 239 g/mol. The Balaban J connectivity index is 2.03. The summed E-state index contributed by atoms with van der Waals surface area (Å²) in [4.78, 5) is 25.8. The van der Waals surface area contributed by atoms with E-state index < -0.39 is 5.60 Å². The van der Waals surface area contributed by atoms with Crippen molar-refractivity contribution in [3.8, 4) is 0 Å². The molecule has 2 heterocycles. The third-order valence-corrected chi connectivity index (χ3v) is 3.98. The summed E-state index contributed by atoms with van der Waals surface area (Å²) in [5.41, 5.74) is -0.640. The number of carbonyl (C=O) groups excluding carboxylic acids is 2. The summed E-state index contributed by atoms with van der Waals surface area (Å²) in [6, 6.07) is 0. The van der Waals surface area contributed by atoms with Crippen molar-refractivity contribution in [3.63, 3.8) is 0 Å². The molecule has 17 heavy (non-hydrogen) atoms. The minimum absolute atomic E-state index is 0.0257. The van der Waals surface area contributed by atoms with E-state index in [1.165, 1.54) is 0 Å². The minimum atomic E-state index is -0.640. The standard InChI is InChI=1S/C13H21NO3/c1-3-10-9-14(7-5-11(10)15)12(16)13(2)6-4-8-17-13/h10H,3-9H2,1-2H3. The molecule has 0 N–H and O–H groups in total. The summed E-state index contributed by atoms with van der Waals surface area (Å²) < 4.78 is 5.58. The maximum absolute atomic E-state index is 12.4. The molecule has 2 atom stereocenters. The predicted octanol–water partition coefficient (Wildman–Crippen LogP) is 1.38. The zero-order valence-electron chi connectivity index (χ0n) is 10.7. The highest BCUT2D eigenvalue weighted by atomic mass is 16.5. The van der Waals surface area contributed by atoms with Crippen molar-refractivity contribution in [2.24, 2.45) is 5.92 Å². The highest BCUT2D eigenvalue weighted by Gasteiger charge is 2.42. The Morgan fingerprint density at radius 2 is 2.35 bits per heavy atom. The molecule has 2 aliphatic heterocycles. The molecular formula is C13H21NO3.